The standard InChI is InChI=1S/C10H9Cl2FN2O3S/c11-7-2-9(14-3-8(7)12)15-4-6(1-10(15)16)5-19(13,17)18/h2-3,6H,1,4-5H2. The predicted molar refractivity (Wildman–Crippen MR) is 69.6 cm³/mol. The molecule has 1 aliphatic rings. The van der Waals surface area contributed by atoms with Crippen LogP contribution in [0.25, 0.3) is 0 Å². The Morgan fingerprint density at radius 1 is 1.42 bits per heavy atom. The van der Waals surface area contributed by atoms with Crippen LogP contribution in [0.1, 0.15) is 6.42 Å². The van der Waals surface area contributed by atoms with E-state index < -0.39 is 21.9 Å². The van der Waals surface area contributed by atoms with Crippen LogP contribution in [0.15, 0.2) is 12.3 Å². The van der Waals surface area contributed by atoms with E-state index in [2.05, 4.69) is 4.98 Å². The summed E-state index contributed by atoms with van der Waals surface area (Å²) in [6, 6.07) is 1.41. The third kappa shape index (κ3) is 3.55. The van der Waals surface area contributed by atoms with Crippen LogP contribution >= 0.6 is 23.2 Å². The number of nitrogens with zero attached hydrogens (tertiary/aromatic N) is 2. The van der Waals surface area contributed by atoms with Crippen molar-refractivity contribution in [3.8, 4) is 0 Å². The van der Waals surface area contributed by atoms with Crippen LogP contribution in [0, 0.1) is 5.92 Å². The molecule has 0 aliphatic carbocycles. The molecule has 0 N–H and O–H groups in total. The number of hydrogen-bond acceptors (Lipinski definition) is 4. The molecule has 0 spiro atoms. The number of pyridine rings is 1. The Bertz CT molecular complexity index is 623. The van der Waals surface area contributed by atoms with Gasteiger partial charge < -0.3 is 0 Å². The van der Waals surface area contributed by atoms with E-state index in [0.717, 1.165) is 0 Å². The van der Waals surface area contributed by atoms with Gasteiger partial charge in [0.25, 0.3) is 0 Å². The molecular weight excluding hydrogens is 318 g/mol. The van der Waals surface area contributed by atoms with E-state index in [4.69, 9.17) is 23.2 Å². The first-order chi connectivity index (χ1) is 8.76. The number of anilines is 1. The fourth-order valence-corrected chi connectivity index (χ4v) is 2.98. The van der Waals surface area contributed by atoms with E-state index in [0.29, 0.717) is 0 Å². The van der Waals surface area contributed by atoms with Crippen molar-refractivity contribution in [1.29, 1.82) is 0 Å². The lowest BCUT2D eigenvalue weighted by molar-refractivity contribution is -0.117. The third-order valence-electron chi connectivity index (χ3n) is 2.71. The zero-order valence-corrected chi connectivity index (χ0v) is 11.8. The maximum Gasteiger partial charge on any atom is 0.302 e. The van der Waals surface area contributed by atoms with Crippen LogP contribution in [-0.2, 0) is 15.0 Å². The van der Waals surface area contributed by atoms with Gasteiger partial charge in [0.15, 0.2) is 0 Å². The van der Waals surface area contributed by atoms with E-state index in [-0.39, 0.29) is 34.7 Å². The molecule has 0 saturated carbocycles. The average molecular weight is 327 g/mol. The molecule has 19 heavy (non-hydrogen) atoms. The fraction of sp³-hybridized carbons (Fsp3) is 0.400. The minimum absolute atomic E-state index is 0.0366. The highest BCUT2D eigenvalue weighted by Crippen LogP contribution is 2.29. The van der Waals surface area contributed by atoms with E-state index in [1.54, 1.807) is 0 Å². The molecule has 1 aromatic heterocycles. The van der Waals surface area contributed by atoms with Gasteiger partial charge in [-0.3, -0.25) is 9.69 Å². The summed E-state index contributed by atoms with van der Waals surface area (Å²) in [5, 5.41) is 0.487. The molecule has 1 amide bonds. The molecule has 2 rings (SSSR count). The van der Waals surface area contributed by atoms with Gasteiger partial charge in [0.05, 0.1) is 15.8 Å². The highest BCUT2D eigenvalue weighted by atomic mass is 35.5. The molecule has 9 heteroatoms. The van der Waals surface area contributed by atoms with Gasteiger partial charge in [-0.2, -0.15) is 8.42 Å². The molecule has 0 radical (unpaired) electrons. The van der Waals surface area contributed by atoms with Crippen LogP contribution in [-0.4, -0.2) is 31.6 Å². The summed E-state index contributed by atoms with van der Waals surface area (Å²) >= 11 is 11.5. The predicted octanol–water partition coefficient (Wildman–Crippen LogP) is 2.04. The topological polar surface area (TPSA) is 67.3 Å². The smallest absolute Gasteiger partial charge is 0.296 e. The number of aromatic nitrogens is 1. The fourth-order valence-electron chi connectivity index (χ4n) is 1.95. The van der Waals surface area contributed by atoms with Gasteiger partial charge in [0.2, 0.25) is 5.91 Å². The number of halogens is 3. The summed E-state index contributed by atoms with van der Waals surface area (Å²) in [6.45, 7) is 0.0902. The Morgan fingerprint density at radius 3 is 2.68 bits per heavy atom. The van der Waals surface area contributed by atoms with Crippen LogP contribution in [0.2, 0.25) is 10.0 Å². The summed E-state index contributed by atoms with van der Waals surface area (Å²) < 4.78 is 33.8. The highest BCUT2D eigenvalue weighted by Gasteiger charge is 2.34. The van der Waals surface area contributed by atoms with Crippen molar-refractivity contribution in [3.05, 3.63) is 22.3 Å². The van der Waals surface area contributed by atoms with Crippen molar-refractivity contribution in [2.45, 2.75) is 6.42 Å². The second-order valence-corrected chi connectivity index (χ2v) is 6.46. The molecule has 1 aliphatic heterocycles. The minimum Gasteiger partial charge on any atom is -0.296 e. The van der Waals surface area contributed by atoms with Crippen molar-refractivity contribution >= 4 is 45.2 Å². The molecule has 1 fully saturated rings. The average Bonchev–Trinajstić information content (AvgIpc) is 2.61. The SMILES string of the molecule is O=C1CC(CS(=O)(=O)F)CN1c1cc(Cl)c(Cl)cn1. The van der Waals surface area contributed by atoms with Crippen molar-refractivity contribution < 1.29 is 17.1 Å². The Labute approximate surface area is 119 Å². The van der Waals surface area contributed by atoms with E-state index >= 15 is 0 Å². The summed E-state index contributed by atoms with van der Waals surface area (Å²) in [6.07, 6.45) is 1.26. The molecule has 1 aromatic rings. The number of hydrogen-bond donors (Lipinski definition) is 0. The molecule has 1 unspecified atom stereocenters. The van der Waals surface area contributed by atoms with Crippen LogP contribution in [0.4, 0.5) is 9.70 Å². The van der Waals surface area contributed by atoms with Gasteiger partial charge in [0, 0.05) is 31.1 Å². The molecule has 1 atom stereocenters. The van der Waals surface area contributed by atoms with Gasteiger partial charge in [-0.25, -0.2) is 4.98 Å². The van der Waals surface area contributed by atoms with E-state index in [1.807, 2.05) is 0 Å². The monoisotopic (exact) mass is 326 g/mol. The van der Waals surface area contributed by atoms with Crippen LogP contribution in [0.3, 0.4) is 0 Å². The van der Waals surface area contributed by atoms with Crippen molar-refractivity contribution in [1.82, 2.24) is 4.98 Å². The Kier molecular flexibility index (Phi) is 3.98. The first kappa shape index (κ1) is 14.5. The number of carbonyl (C=O) groups excluding carboxylic acids is 1. The summed E-state index contributed by atoms with van der Waals surface area (Å²) in [4.78, 5) is 17.0. The van der Waals surface area contributed by atoms with Crippen LogP contribution < -0.4 is 4.90 Å². The van der Waals surface area contributed by atoms with Crippen molar-refractivity contribution in [2.75, 3.05) is 17.2 Å². The van der Waals surface area contributed by atoms with Gasteiger partial charge in [-0.1, -0.05) is 23.2 Å². The number of carbonyl (C=O) groups is 1. The molecule has 104 valence electrons. The van der Waals surface area contributed by atoms with Gasteiger partial charge in [-0.05, 0) is 0 Å². The summed E-state index contributed by atoms with van der Waals surface area (Å²) in [7, 11) is -4.60. The van der Waals surface area contributed by atoms with Crippen molar-refractivity contribution in [2.24, 2.45) is 5.92 Å². The summed E-state index contributed by atoms with van der Waals surface area (Å²) in [5.74, 6) is -1.30. The number of rotatable bonds is 3. The summed E-state index contributed by atoms with van der Waals surface area (Å²) in [5.41, 5.74) is 0. The lowest BCUT2D eigenvalue weighted by atomic mass is 10.1. The molecule has 5 nitrogen and oxygen atoms in total. The van der Waals surface area contributed by atoms with E-state index in [1.165, 1.54) is 17.2 Å². The Hall–Kier alpha value is -0.920. The quantitative estimate of drug-likeness (QED) is 0.797. The molecule has 1 saturated heterocycles. The van der Waals surface area contributed by atoms with Gasteiger partial charge in [0.1, 0.15) is 5.82 Å². The minimum atomic E-state index is -4.60. The second-order valence-electron chi connectivity index (χ2n) is 4.24. The first-order valence-corrected chi connectivity index (χ1v) is 7.61. The highest BCUT2D eigenvalue weighted by molar-refractivity contribution is 7.86. The van der Waals surface area contributed by atoms with E-state index in [9.17, 15) is 17.1 Å². The van der Waals surface area contributed by atoms with Crippen LogP contribution in [0.5, 0.6) is 0 Å². The van der Waals surface area contributed by atoms with Crippen molar-refractivity contribution in [3.63, 3.8) is 0 Å². The molecule has 0 aromatic carbocycles. The lowest BCUT2D eigenvalue weighted by Crippen LogP contribution is -2.26. The first-order valence-electron chi connectivity index (χ1n) is 5.30. The zero-order chi connectivity index (χ0) is 14.2. The third-order valence-corrected chi connectivity index (χ3v) is 4.29. The number of amides is 1. The largest absolute Gasteiger partial charge is 0.302 e. The van der Waals surface area contributed by atoms with Gasteiger partial charge >= 0.3 is 10.2 Å². The lowest BCUT2D eigenvalue weighted by Gasteiger charge is -2.15. The Morgan fingerprint density at radius 2 is 2.11 bits per heavy atom. The second kappa shape index (κ2) is 5.22. The zero-order valence-electron chi connectivity index (χ0n) is 9.51. The van der Waals surface area contributed by atoms with Gasteiger partial charge in [-0.15, -0.1) is 3.89 Å². The normalized spacial score (nSPS) is 20.1. The Balaban J connectivity index is 2.18. The molecular formula is C10H9Cl2FN2O3S. The maximum absolute atomic E-state index is 12.6. The molecule has 2 heterocycles. The molecule has 0 bridgehead atoms. The maximum atomic E-state index is 12.6.